The molecule has 1 N–H and O–H groups in total. The fraction of sp³-hybridized carbons (Fsp3) is 0.389. The van der Waals surface area contributed by atoms with E-state index in [1.165, 1.54) is 29.2 Å². The Hall–Kier alpha value is -2.70. The zero-order valence-corrected chi connectivity index (χ0v) is 14.9. The molecule has 0 aliphatic heterocycles. The second kappa shape index (κ2) is 7.92. The molecule has 0 spiro atoms. The van der Waals surface area contributed by atoms with Gasteiger partial charge in [0.25, 0.3) is 5.91 Å². The maximum atomic E-state index is 12.9. The lowest BCUT2D eigenvalue weighted by Crippen LogP contribution is -2.43. The summed E-state index contributed by atoms with van der Waals surface area (Å²) >= 11 is 0. The summed E-state index contributed by atoms with van der Waals surface area (Å²) in [4.78, 5) is 26.6. The molecule has 2 amide bonds. The van der Waals surface area contributed by atoms with Crippen molar-refractivity contribution in [3.05, 3.63) is 47.5 Å². The molecular weight excluding hydrogens is 323 g/mol. The Morgan fingerprint density at radius 1 is 1.28 bits per heavy atom. The molecule has 0 bridgehead atoms. The van der Waals surface area contributed by atoms with E-state index in [1.807, 2.05) is 27.7 Å². The summed E-state index contributed by atoms with van der Waals surface area (Å²) in [6.45, 7) is 7.91. The molecule has 7 heteroatoms. The molecule has 1 heterocycles. The van der Waals surface area contributed by atoms with Crippen LogP contribution in [-0.4, -0.2) is 39.1 Å². The molecule has 1 aromatic carbocycles. The number of rotatable bonds is 6. The van der Waals surface area contributed by atoms with Gasteiger partial charge in [-0.2, -0.15) is 5.10 Å². The van der Waals surface area contributed by atoms with Crippen LogP contribution >= 0.6 is 0 Å². The summed E-state index contributed by atoms with van der Waals surface area (Å²) in [7, 11) is 0. The first-order valence-electron chi connectivity index (χ1n) is 8.22. The van der Waals surface area contributed by atoms with Crippen molar-refractivity contribution in [3.8, 4) is 0 Å². The van der Waals surface area contributed by atoms with Crippen molar-refractivity contribution in [2.24, 2.45) is 0 Å². The van der Waals surface area contributed by atoms with E-state index < -0.39 is 0 Å². The van der Waals surface area contributed by atoms with Gasteiger partial charge in [0.2, 0.25) is 5.91 Å². The molecule has 134 valence electrons. The predicted molar refractivity (Wildman–Crippen MR) is 93.8 cm³/mol. The molecule has 0 aliphatic carbocycles. The van der Waals surface area contributed by atoms with Crippen LogP contribution in [0, 0.1) is 12.7 Å². The monoisotopic (exact) mass is 346 g/mol. The van der Waals surface area contributed by atoms with Gasteiger partial charge < -0.3 is 10.2 Å². The molecule has 0 fully saturated rings. The van der Waals surface area contributed by atoms with Crippen LogP contribution in [0.5, 0.6) is 0 Å². The largest absolute Gasteiger partial charge is 0.326 e. The topological polar surface area (TPSA) is 67.2 Å². The first-order valence-corrected chi connectivity index (χ1v) is 8.22. The van der Waals surface area contributed by atoms with E-state index in [2.05, 4.69) is 10.4 Å². The van der Waals surface area contributed by atoms with Crippen molar-refractivity contribution in [1.29, 1.82) is 0 Å². The number of amides is 2. The Morgan fingerprint density at radius 3 is 2.48 bits per heavy atom. The number of nitrogens with zero attached hydrogens (tertiary/aromatic N) is 3. The van der Waals surface area contributed by atoms with Gasteiger partial charge >= 0.3 is 0 Å². The van der Waals surface area contributed by atoms with Crippen molar-refractivity contribution >= 4 is 17.5 Å². The highest BCUT2D eigenvalue weighted by molar-refractivity contribution is 5.98. The number of carbonyl (C=O) groups excluding carboxylic acids is 2. The lowest BCUT2D eigenvalue weighted by atomic mass is 10.2. The zero-order chi connectivity index (χ0) is 18.6. The number of halogens is 1. The molecule has 0 radical (unpaired) electrons. The first-order chi connectivity index (χ1) is 11.8. The number of nitrogens with one attached hydrogen (secondary N) is 1. The van der Waals surface area contributed by atoms with Crippen LogP contribution in [0.25, 0.3) is 0 Å². The van der Waals surface area contributed by atoms with Gasteiger partial charge in [0, 0.05) is 18.3 Å². The molecule has 2 rings (SSSR count). The maximum Gasteiger partial charge on any atom is 0.272 e. The predicted octanol–water partition coefficient (Wildman–Crippen LogP) is 2.84. The molecule has 1 aromatic heterocycles. The van der Waals surface area contributed by atoms with Crippen LogP contribution in [0.15, 0.2) is 30.3 Å². The van der Waals surface area contributed by atoms with E-state index in [4.69, 9.17) is 0 Å². The van der Waals surface area contributed by atoms with Gasteiger partial charge in [-0.1, -0.05) is 0 Å². The summed E-state index contributed by atoms with van der Waals surface area (Å²) < 4.78 is 14.6. The SMILES string of the molecule is CCn1nc(C)cc1C(=O)N(CC(=O)Nc1ccc(F)cc1)C(C)C. The Bertz CT molecular complexity index is 753. The molecule has 0 atom stereocenters. The summed E-state index contributed by atoms with van der Waals surface area (Å²) in [5.74, 6) is -0.958. The summed E-state index contributed by atoms with van der Waals surface area (Å²) in [6, 6.07) is 7.05. The standard InChI is InChI=1S/C18H23FN4O2/c1-5-23-16(10-13(4)21-23)18(25)22(12(2)3)11-17(24)20-15-8-6-14(19)7-9-15/h6-10,12H,5,11H2,1-4H3,(H,20,24). The number of hydrogen-bond acceptors (Lipinski definition) is 3. The summed E-state index contributed by atoms with van der Waals surface area (Å²) in [5.41, 5.74) is 1.70. The molecule has 25 heavy (non-hydrogen) atoms. The van der Waals surface area contributed by atoms with Crippen molar-refractivity contribution in [2.75, 3.05) is 11.9 Å². The second-order valence-corrected chi connectivity index (χ2v) is 6.07. The first kappa shape index (κ1) is 18.6. The van der Waals surface area contributed by atoms with Gasteiger partial charge in [-0.25, -0.2) is 4.39 Å². The van der Waals surface area contributed by atoms with Gasteiger partial charge in [-0.15, -0.1) is 0 Å². The number of aromatic nitrogens is 2. The molecule has 6 nitrogen and oxygen atoms in total. The number of aryl methyl sites for hydroxylation is 2. The minimum absolute atomic E-state index is 0.0954. The third-order valence-electron chi connectivity index (χ3n) is 3.75. The average molecular weight is 346 g/mol. The Kier molecular flexibility index (Phi) is 5.90. The van der Waals surface area contributed by atoms with Crippen LogP contribution in [0.3, 0.4) is 0 Å². The van der Waals surface area contributed by atoms with Crippen molar-refractivity contribution in [2.45, 2.75) is 40.3 Å². The van der Waals surface area contributed by atoms with Crippen LogP contribution in [-0.2, 0) is 11.3 Å². The molecular formula is C18H23FN4O2. The second-order valence-electron chi connectivity index (χ2n) is 6.07. The third-order valence-corrected chi connectivity index (χ3v) is 3.75. The fourth-order valence-electron chi connectivity index (χ4n) is 2.48. The number of benzene rings is 1. The van der Waals surface area contributed by atoms with Gasteiger partial charge in [-0.05, 0) is 58.0 Å². The van der Waals surface area contributed by atoms with Crippen molar-refractivity contribution < 1.29 is 14.0 Å². The highest BCUT2D eigenvalue weighted by Crippen LogP contribution is 2.12. The van der Waals surface area contributed by atoms with E-state index in [1.54, 1.807) is 10.7 Å². The van der Waals surface area contributed by atoms with Crippen molar-refractivity contribution in [1.82, 2.24) is 14.7 Å². The number of hydrogen-bond donors (Lipinski definition) is 1. The Labute approximate surface area is 146 Å². The highest BCUT2D eigenvalue weighted by Gasteiger charge is 2.24. The molecule has 0 aliphatic rings. The van der Waals surface area contributed by atoms with Gasteiger partial charge in [0.05, 0.1) is 5.69 Å². The van der Waals surface area contributed by atoms with Crippen LogP contribution < -0.4 is 5.32 Å². The number of anilines is 1. The average Bonchev–Trinajstić information content (AvgIpc) is 2.95. The Balaban J connectivity index is 2.13. The van der Waals surface area contributed by atoms with E-state index in [0.29, 0.717) is 17.9 Å². The fourth-order valence-corrected chi connectivity index (χ4v) is 2.48. The van der Waals surface area contributed by atoms with E-state index in [0.717, 1.165) is 5.69 Å². The zero-order valence-electron chi connectivity index (χ0n) is 14.9. The van der Waals surface area contributed by atoms with Gasteiger partial charge in [-0.3, -0.25) is 14.3 Å². The van der Waals surface area contributed by atoms with Crippen LogP contribution in [0.2, 0.25) is 0 Å². The lowest BCUT2D eigenvalue weighted by Gasteiger charge is -2.26. The van der Waals surface area contributed by atoms with Crippen molar-refractivity contribution in [3.63, 3.8) is 0 Å². The van der Waals surface area contributed by atoms with E-state index >= 15 is 0 Å². The number of carbonyl (C=O) groups is 2. The summed E-state index contributed by atoms with van der Waals surface area (Å²) in [5, 5.41) is 6.95. The Morgan fingerprint density at radius 2 is 1.92 bits per heavy atom. The quantitative estimate of drug-likeness (QED) is 0.874. The summed E-state index contributed by atoms with van der Waals surface area (Å²) in [6.07, 6.45) is 0. The minimum Gasteiger partial charge on any atom is -0.326 e. The molecule has 0 saturated carbocycles. The lowest BCUT2D eigenvalue weighted by molar-refractivity contribution is -0.117. The van der Waals surface area contributed by atoms with E-state index in [9.17, 15) is 14.0 Å². The molecule has 2 aromatic rings. The molecule has 0 saturated heterocycles. The normalized spacial score (nSPS) is 10.8. The minimum atomic E-state index is -0.375. The molecule has 0 unspecified atom stereocenters. The maximum absolute atomic E-state index is 12.9. The highest BCUT2D eigenvalue weighted by atomic mass is 19.1. The van der Waals surface area contributed by atoms with Gasteiger partial charge in [0.1, 0.15) is 18.1 Å². The smallest absolute Gasteiger partial charge is 0.272 e. The van der Waals surface area contributed by atoms with Gasteiger partial charge in [0.15, 0.2) is 0 Å². The van der Waals surface area contributed by atoms with Crippen LogP contribution in [0.4, 0.5) is 10.1 Å². The van der Waals surface area contributed by atoms with E-state index in [-0.39, 0.29) is 30.2 Å². The third kappa shape index (κ3) is 4.65. The van der Waals surface area contributed by atoms with Crippen LogP contribution in [0.1, 0.15) is 37.0 Å².